The summed E-state index contributed by atoms with van der Waals surface area (Å²) in [5.74, 6) is -0.448. The molecule has 13 nitrogen and oxygen atoms in total. The van der Waals surface area contributed by atoms with Crippen molar-refractivity contribution < 1.29 is 32.5 Å². The first kappa shape index (κ1) is 33.8. The summed E-state index contributed by atoms with van der Waals surface area (Å²) in [6.45, 7) is 6.83. The number of hydrogen-bond donors (Lipinski definition) is 3. The van der Waals surface area contributed by atoms with Crippen LogP contribution in [0.5, 0.6) is 0 Å². The van der Waals surface area contributed by atoms with Crippen LogP contribution in [0, 0.1) is 5.41 Å². The summed E-state index contributed by atoms with van der Waals surface area (Å²) < 4.78 is 39.6. The smallest absolute Gasteiger partial charge is 0.323 e. The van der Waals surface area contributed by atoms with Crippen molar-refractivity contribution in [3.63, 3.8) is 0 Å². The van der Waals surface area contributed by atoms with Gasteiger partial charge in [0.15, 0.2) is 22.5 Å². The maximum Gasteiger partial charge on any atom is 0.323 e. The van der Waals surface area contributed by atoms with E-state index in [-0.39, 0.29) is 48.0 Å². The van der Waals surface area contributed by atoms with Gasteiger partial charge in [-0.1, -0.05) is 44.1 Å². The van der Waals surface area contributed by atoms with Crippen molar-refractivity contribution in [1.29, 1.82) is 0 Å². The number of halogens is 2. The molecule has 3 heterocycles. The van der Waals surface area contributed by atoms with E-state index >= 15 is 4.39 Å². The Balaban J connectivity index is 1.72. The van der Waals surface area contributed by atoms with Crippen LogP contribution in [0.4, 0.5) is 10.3 Å². The lowest BCUT2D eigenvalue weighted by Crippen LogP contribution is -2.36. The molecule has 0 bridgehead atoms. The van der Waals surface area contributed by atoms with Gasteiger partial charge in [0.25, 0.3) is 12.2 Å². The average molecular weight is 657 g/mol. The lowest BCUT2D eigenvalue weighted by atomic mass is 10.00. The number of alkyl halides is 2. The van der Waals surface area contributed by atoms with Crippen LogP contribution in [0.3, 0.4) is 0 Å². The van der Waals surface area contributed by atoms with Crippen LogP contribution in [-0.2, 0) is 39.9 Å². The summed E-state index contributed by atoms with van der Waals surface area (Å²) in [6, 6.07) is -0.885. The molecule has 0 aromatic carbocycles. The summed E-state index contributed by atoms with van der Waals surface area (Å²) >= 11 is 12.9. The number of esters is 1. The van der Waals surface area contributed by atoms with Crippen molar-refractivity contribution in [1.82, 2.24) is 24.6 Å². The highest BCUT2D eigenvalue weighted by Gasteiger charge is 2.50. The largest absolute Gasteiger partial charge is 0.462 e. The maximum absolute atomic E-state index is 15.5. The number of nitrogen functional groups attached to an aromatic ring is 1. The maximum atomic E-state index is 15.5. The molecule has 4 N–H and O–H groups in total. The molecule has 0 radical (unpaired) electrons. The monoisotopic (exact) mass is 656 g/mol. The standard InChI is InChI=1S/C23H35ClFN6O7PS2/c1-12(2)37-18(33)13(3)30-39(40,35-7-8-41-20(34)22(4,5)6)36-10-14-9-23(24,25)19(38-14)31-11-27-15-16(31)28-21(26)29-17(15)32/h11-14,19H,7-10H2,1-6H3,(H,30,40)(H3,26,28,29,32)/t13-,14-,19+,23-,39+/m0/s1. The van der Waals surface area contributed by atoms with Crippen LogP contribution < -0.4 is 16.4 Å². The number of rotatable bonds is 12. The van der Waals surface area contributed by atoms with Crippen LogP contribution in [0.2, 0.25) is 0 Å². The zero-order chi connectivity index (χ0) is 30.8. The first-order valence-corrected chi connectivity index (χ1v) is 16.7. The third kappa shape index (κ3) is 8.92. The molecule has 2 aromatic rings. The number of aromatic amines is 1. The quantitative estimate of drug-likeness (QED) is 0.131. The second-order valence-electron chi connectivity index (χ2n) is 10.7. The zero-order valence-corrected chi connectivity index (χ0v) is 26.8. The van der Waals surface area contributed by atoms with Crippen LogP contribution in [0.15, 0.2) is 11.1 Å². The van der Waals surface area contributed by atoms with Crippen LogP contribution in [-0.4, -0.2) is 72.9 Å². The van der Waals surface area contributed by atoms with Gasteiger partial charge in [-0.3, -0.25) is 23.9 Å². The minimum atomic E-state index is -3.38. The highest BCUT2D eigenvalue weighted by Crippen LogP contribution is 2.49. The third-order valence-corrected chi connectivity index (χ3v) is 9.81. The van der Waals surface area contributed by atoms with Crippen LogP contribution in [0.1, 0.15) is 54.2 Å². The number of H-pyrrole nitrogens is 1. The van der Waals surface area contributed by atoms with Crippen molar-refractivity contribution in [3.8, 4) is 0 Å². The minimum Gasteiger partial charge on any atom is -0.462 e. The zero-order valence-electron chi connectivity index (χ0n) is 23.5. The Hall–Kier alpha value is -1.65. The van der Waals surface area contributed by atoms with Gasteiger partial charge >= 0.3 is 5.97 Å². The SMILES string of the molecule is CC(C)OC(=O)[C@H](C)N[P@@](=S)(OCCSC(=O)C(C)(C)C)OC[C@@H]1C[C@@](F)(Cl)[C@H](n2cnc3c(=O)[nH]c(N)nc32)O1. The number of anilines is 1. The molecule has 41 heavy (non-hydrogen) atoms. The van der Waals surface area contributed by atoms with E-state index in [4.69, 9.17) is 47.7 Å². The normalized spacial score (nSPS) is 23.5. The molecule has 230 valence electrons. The molecule has 0 saturated carbocycles. The Labute approximate surface area is 251 Å². The Morgan fingerprint density at radius 3 is 2.73 bits per heavy atom. The van der Waals surface area contributed by atoms with Gasteiger partial charge in [-0.25, -0.2) is 14.5 Å². The summed E-state index contributed by atoms with van der Waals surface area (Å²) in [5, 5.41) is 0.450. The molecule has 18 heteroatoms. The van der Waals surface area contributed by atoms with E-state index in [1.165, 1.54) is 10.9 Å². The predicted octanol–water partition coefficient (Wildman–Crippen LogP) is 3.39. The molecule has 0 amide bonds. The van der Waals surface area contributed by atoms with Gasteiger partial charge in [-0.05, 0) is 32.6 Å². The van der Waals surface area contributed by atoms with E-state index in [9.17, 15) is 14.4 Å². The van der Waals surface area contributed by atoms with E-state index in [2.05, 4.69) is 20.0 Å². The number of fused-ring (bicyclic) bond motifs is 1. The molecule has 2 aromatic heterocycles. The number of thioether (sulfide) groups is 1. The number of nitrogens with zero attached hydrogens (tertiary/aromatic N) is 3. The number of carbonyl (C=O) groups excluding carboxylic acids is 2. The summed E-state index contributed by atoms with van der Waals surface area (Å²) in [5.41, 5.74) is 4.45. The summed E-state index contributed by atoms with van der Waals surface area (Å²) in [6.07, 6.45) is -1.79. The fourth-order valence-electron chi connectivity index (χ4n) is 3.64. The van der Waals surface area contributed by atoms with E-state index in [1.54, 1.807) is 20.8 Å². The molecule has 1 fully saturated rings. The number of nitrogens with two attached hydrogens (primary N) is 1. The molecule has 3 rings (SSSR count). The highest BCUT2D eigenvalue weighted by atomic mass is 35.5. The molecular formula is C23H35ClFN6O7PS2. The predicted molar refractivity (Wildman–Crippen MR) is 158 cm³/mol. The van der Waals surface area contributed by atoms with Crippen molar-refractivity contribution in [2.45, 2.75) is 77.6 Å². The number of imidazole rings is 1. The molecular weight excluding hydrogens is 622 g/mol. The van der Waals surface area contributed by atoms with Gasteiger partial charge in [-0.2, -0.15) is 4.98 Å². The van der Waals surface area contributed by atoms with Crippen molar-refractivity contribution in [3.05, 3.63) is 16.7 Å². The fourth-order valence-corrected chi connectivity index (χ4v) is 7.26. The van der Waals surface area contributed by atoms with Crippen molar-refractivity contribution in [2.24, 2.45) is 5.41 Å². The van der Waals surface area contributed by atoms with Crippen LogP contribution in [0.25, 0.3) is 11.2 Å². The lowest BCUT2D eigenvalue weighted by Gasteiger charge is -2.27. The number of aromatic nitrogens is 4. The third-order valence-electron chi connectivity index (χ3n) is 5.56. The van der Waals surface area contributed by atoms with Crippen LogP contribution >= 0.6 is 30.0 Å². The molecule has 1 aliphatic rings. The number of nitrogens with one attached hydrogen (secondary N) is 2. The summed E-state index contributed by atoms with van der Waals surface area (Å²) in [4.78, 5) is 47.1. The van der Waals surface area contributed by atoms with E-state index in [1.807, 2.05) is 20.8 Å². The average Bonchev–Trinajstić information content (AvgIpc) is 3.38. The number of ether oxygens (including phenoxy) is 2. The first-order valence-electron chi connectivity index (χ1n) is 12.7. The molecule has 0 spiro atoms. The van der Waals surface area contributed by atoms with Gasteiger partial charge < -0.3 is 24.3 Å². The van der Waals surface area contributed by atoms with E-state index < -0.39 is 47.1 Å². The highest BCUT2D eigenvalue weighted by molar-refractivity contribution is 8.13. The van der Waals surface area contributed by atoms with Gasteiger partial charge in [0.05, 0.1) is 31.7 Å². The first-order chi connectivity index (χ1) is 18.9. The number of hydrogen-bond acceptors (Lipinski definition) is 12. The van der Waals surface area contributed by atoms with Gasteiger partial charge in [0.2, 0.25) is 11.1 Å². The Kier molecular flexibility index (Phi) is 11.0. The Morgan fingerprint density at radius 1 is 1.41 bits per heavy atom. The molecule has 1 aliphatic heterocycles. The summed E-state index contributed by atoms with van der Waals surface area (Å²) in [7, 11) is 0. The van der Waals surface area contributed by atoms with E-state index in [0.29, 0.717) is 5.75 Å². The second-order valence-corrected chi connectivity index (χ2v) is 15.6. The molecule has 5 atom stereocenters. The second kappa shape index (κ2) is 13.3. The fraction of sp³-hybridized carbons (Fsp3) is 0.696. The van der Waals surface area contributed by atoms with E-state index in [0.717, 1.165) is 11.8 Å². The van der Waals surface area contributed by atoms with Gasteiger partial charge in [-0.15, -0.1) is 0 Å². The molecule has 1 saturated heterocycles. The van der Waals surface area contributed by atoms with Gasteiger partial charge in [0.1, 0.15) is 6.04 Å². The molecule has 0 unspecified atom stereocenters. The van der Waals surface area contributed by atoms with Crippen molar-refractivity contribution in [2.75, 3.05) is 24.7 Å². The Bertz CT molecular complexity index is 1370. The molecule has 0 aliphatic carbocycles. The van der Waals surface area contributed by atoms with Crippen molar-refractivity contribution >= 4 is 70.0 Å². The minimum absolute atomic E-state index is 0.00426. The number of carbonyl (C=O) groups is 2. The lowest BCUT2D eigenvalue weighted by molar-refractivity contribution is -0.149. The topological polar surface area (TPSA) is 173 Å². The van der Waals surface area contributed by atoms with Gasteiger partial charge in [0, 0.05) is 17.6 Å². The Morgan fingerprint density at radius 2 is 2.10 bits per heavy atom.